The molecule has 4 aliphatic rings. The molecule has 1 saturated carbocycles. The number of ether oxygens (including phenoxy) is 2. The molecule has 1 aromatic carbocycles. The lowest BCUT2D eigenvalue weighted by Crippen LogP contribution is -2.44. The van der Waals surface area contributed by atoms with Crippen molar-refractivity contribution in [3.63, 3.8) is 0 Å². The highest BCUT2D eigenvalue weighted by Gasteiger charge is 2.50. The number of carbonyl (C=O) groups is 2. The van der Waals surface area contributed by atoms with Crippen LogP contribution in [-0.4, -0.2) is 42.1 Å². The van der Waals surface area contributed by atoms with E-state index in [-0.39, 0.29) is 12.5 Å². The van der Waals surface area contributed by atoms with Crippen LogP contribution in [0.1, 0.15) is 62.1 Å². The molecule has 1 amide bonds. The molecule has 1 spiro atoms. The molecule has 5 nitrogen and oxygen atoms in total. The summed E-state index contributed by atoms with van der Waals surface area (Å²) in [6.45, 7) is 3.78. The van der Waals surface area contributed by atoms with E-state index >= 15 is 0 Å². The van der Waals surface area contributed by atoms with Gasteiger partial charge >= 0.3 is 12.1 Å². The van der Waals surface area contributed by atoms with E-state index in [4.69, 9.17) is 9.47 Å². The largest absolute Gasteiger partial charge is 0.451 e. The number of amides is 1. The lowest BCUT2D eigenvalue weighted by Gasteiger charge is -2.39. The Balaban J connectivity index is 1.36. The first-order chi connectivity index (χ1) is 16.2. The third-order valence-corrected chi connectivity index (χ3v) is 8.11. The molecule has 1 aliphatic carbocycles. The molecular formula is C26H30F3NO4. The molecule has 184 valence electrons. The number of hydrogen-bond acceptors (Lipinski definition) is 4. The van der Waals surface area contributed by atoms with Crippen molar-refractivity contribution < 1.29 is 32.2 Å². The number of carbonyl (C=O) groups excluding carboxylic acids is 2. The second-order valence-corrected chi connectivity index (χ2v) is 10.2. The third kappa shape index (κ3) is 4.14. The van der Waals surface area contributed by atoms with E-state index in [0.29, 0.717) is 54.4 Å². The van der Waals surface area contributed by atoms with Gasteiger partial charge in [-0.05, 0) is 81.0 Å². The van der Waals surface area contributed by atoms with Crippen LogP contribution in [0.2, 0.25) is 0 Å². The van der Waals surface area contributed by atoms with E-state index in [1.165, 1.54) is 6.07 Å². The smallest absolute Gasteiger partial charge is 0.416 e. The van der Waals surface area contributed by atoms with Crippen LogP contribution in [0.5, 0.6) is 0 Å². The minimum Gasteiger partial charge on any atom is -0.451 e. The van der Waals surface area contributed by atoms with Gasteiger partial charge in [0, 0.05) is 24.6 Å². The van der Waals surface area contributed by atoms with Gasteiger partial charge in [-0.1, -0.05) is 6.07 Å². The minimum absolute atomic E-state index is 0.100. The minimum atomic E-state index is -4.43. The Morgan fingerprint density at radius 3 is 2.41 bits per heavy atom. The molecule has 1 saturated heterocycles. The fourth-order valence-corrected chi connectivity index (χ4v) is 6.09. The Hall–Kier alpha value is -2.35. The molecule has 3 aliphatic heterocycles. The number of esters is 1. The van der Waals surface area contributed by atoms with Crippen LogP contribution in [-0.2, 0) is 38.2 Å². The van der Waals surface area contributed by atoms with E-state index in [2.05, 4.69) is 0 Å². The molecule has 0 radical (unpaired) electrons. The van der Waals surface area contributed by atoms with Gasteiger partial charge in [-0.3, -0.25) is 4.79 Å². The summed E-state index contributed by atoms with van der Waals surface area (Å²) in [5, 5.41) is 0. The molecule has 1 aromatic rings. The molecule has 5 rings (SSSR count). The number of benzene rings is 1. The standard InChI is InChI=1S/C26H30F3NO4/c1-16-22(23(31)30-11-8-18-6-7-21(26(27,28)29)12-19(18)13-30)25(34-24(16)32)9-2-4-17(5-3-10-25)20-14-33-15-20/h6-7,12,17,20H,2-5,8-11,13-15H2,1H3. The lowest BCUT2D eigenvalue weighted by atomic mass is 9.74. The number of hydrogen-bond donors (Lipinski definition) is 0. The summed E-state index contributed by atoms with van der Waals surface area (Å²) in [5.41, 5.74) is 0.456. The third-order valence-electron chi connectivity index (χ3n) is 8.11. The van der Waals surface area contributed by atoms with Crippen LogP contribution in [0.25, 0.3) is 0 Å². The Morgan fingerprint density at radius 2 is 1.79 bits per heavy atom. The van der Waals surface area contributed by atoms with Gasteiger partial charge in [0.2, 0.25) is 0 Å². The fraction of sp³-hybridized carbons (Fsp3) is 0.615. The monoisotopic (exact) mass is 477 g/mol. The van der Waals surface area contributed by atoms with Crippen molar-refractivity contribution in [2.24, 2.45) is 11.8 Å². The van der Waals surface area contributed by atoms with Gasteiger partial charge in [0.15, 0.2) is 0 Å². The summed E-state index contributed by atoms with van der Waals surface area (Å²) in [7, 11) is 0. The van der Waals surface area contributed by atoms with E-state index in [9.17, 15) is 22.8 Å². The highest BCUT2D eigenvalue weighted by atomic mass is 19.4. The summed E-state index contributed by atoms with van der Waals surface area (Å²) < 4.78 is 50.9. The maximum absolute atomic E-state index is 13.7. The van der Waals surface area contributed by atoms with Gasteiger partial charge in [0.1, 0.15) is 5.60 Å². The van der Waals surface area contributed by atoms with E-state index in [1.54, 1.807) is 11.8 Å². The van der Waals surface area contributed by atoms with Crippen LogP contribution < -0.4 is 0 Å². The van der Waals surface area contributed by atoms with Crippen molar-refractivity contribution in [1.82, 2.24) is 4.90 Å². The van der Waals surface area contributed by atoms with Crippen molar-refractivity contribution in [2.75, 3.05) is 19.8 Å². The molecule has 34 heavy (non-hydrogen) atoms. The van der Waals surface area contributed by atoms with Gasteiger partial charge in [0.25, 0.3) is 5.91 Å². The summed E-state index contributed by atoms with van der Waals surface area (Å²) >= 11 is 0. The van der Waals surface area contributed by atoms with Crippen LogP contribution in [0.15, 0.2) is 29.3 Å². The zero-order valence-corrected chi connectivity index (χ0v) is 19.4. The maximum atomic E-state index is 13.7. The summed E-state index contributed by atoms with van der Waals surface area (Å²) in [6.07, 6.45) is 1.01. The second kappa shape index (κ2) is 8.70. The lowest BCUT2D eigenvalue weighted by molar-refractivity contribution is -0.150. The number of alkyl halides is 3. The van der Waals surface area contributed by atoms with E-state index in [0.717, 1.165) is 56.6 Å². The molecule has 3 heterocycles. The molecule has 0 unspecified atom stereocenters. The Bertz CT molecular complexity index is 1020. The summed E-state index contributed by atoms with van der Waals surface area (Å²) in [5.74, 6) is 0.475. The van der Waals surface area contributed by atoms with Gasteiger partial charge in [-0.2, -0.15) is 13.2 Å². The molecule has 2 fully saturated rings. The van der Waals surface area contributed by atoms with Crippen molar-refractivity contribution >= 4 is 11.9 Å². The first-order valence-electron chi connectivity index (χ1n) is 12.2. The zero-order valence-electron chi connectivity index (χ0n) is 19.4. The zero-order chi connectivity index (χ0) is 24.1. The quantitative estimate of drug-likeness (QED) is 0.574. The number of rotatable bonds is 2. The van der Waals surface area contributed by atoms with Gasteiger partial charge in [-0.25, -0.2) is 4.79 Å². The SMILES string of the molecule is CC1=C(C(=O)N2CCc3ccc(C(F)(F)F)cc3C2)C2(CCCC(C3COC3)CCC2)OC1=O. The normalized spacial score (nSPS) is 28.3. The first kappa shape index (κ1) is 23.4. The summed E-state index contributed by atoms with van der Waals surface area (Å²) in [6, 6.07) is 3.74. The highest BCUT2D eigenvalue weighted by Crippen LogP contribution is 2.45. The van der Waals surface area contributed by atoms with Crippen LogP contribution in [0, 0.1) is 11.8 Å². The fourth-order valence-electron chi connectivity index (χ4n) is 6.09. The molecule has 0 bridgehead atoms. The summed E-state index contributed by atoms with van der Waals surface area (Å²) in [4.78, 5) is 28.0. The van der Waals surface area contributed by atoms with Gasteiger partial charge in [0.05, 0.1) is 24.4 Å². The number of fused-ring (bicyclic) bond motifs is 1. The molecule has 8 heteroatoms. The Labute approximate surface area is 197 Å². The van der Waals surface area contributed by atoms with Crippen molar-refractivity contribution in [1.29, 1.82) is 0 Å². The average Bonchev–Trinajstić information content (AvgIpc) is 2.99. The molecular weight excluding hydrogens is 447 g/mol. The van der Waals surface area contributed by atoms with Crippen LogP contribution in [0.4, 0.5) is 13.2 Å². The predicted molar refractivity (Wildman–Crippen MR) is 118 cm³/mol. The van der Waals surface area contributed by atoms with Crippen LogP contribution >= 0.6 is 0 Å². The van der Waals surface area contributed by atoms with Crippen molar-refractivity contribution in [3.05, 3.63) is 46.0 Å². The number of halogens is 3. The van der Waals surface area contributed by atoms with Crippen LogP contribution in [0.3, 0.4) is 0 Å². The van der Waals surface area contributed by atoms with Gasteiger partial charge < -0.3 is 14.4 Å². The average molecular weight is 478 g/mol. The maximum Gasteiger partial charge on any atom is 0.416 e. The second-order valence-electron chi connectivity index (χ2n) is 10.2. The number of nitrogens with zero attached hydrogens (tertiary/aromatic N) is 1. The predicted octanol–water partition coefficient (Wildman–Crippen LogP) is 4.82. The molecule has 0 atom stereocenters. The van der Waals surface area contributed by atoms with Gasteiger partial charge in [-0.15, -0.1) is 0 Å². The molecule has 0 aromatic heterocycles. The van der Waals surface area contributed by atoms with E-state index in [1.807, 2.05) is 0 Å². The highest BCUT2D eigenvalue weighted by molar-refractivity contribution is 6.07. The Kier molecular flexibility index (Phi) is 5.99. The first-order valence-corrected chi connectivity index (χ1v) is 12.2. The van der Waals surface area contributed by atoms with E-state index < -0.39 is 23.3 Å². The van der Waals surface area contributed by atoms with Crippen molar-refractivity contribution in [3.8, 4) is 0 Å². The molecule has 0 N–H and O–H groups in total. The topological polar surface area (TPSA) is 55.8 Å². The Morgan fingerprint density at radius 1 is 1.09 bits per heavy atom. The van der Waals surface area contributed by atoms with Crippen molar-refractivity contribution in [2.45, 2.75) is 70.2 Å².